The van der Waals surface area contributed by atoms with Gasteiger partial charge < -0.3 is 19.5 Å². The summed E-state index contributed by atoms with van der Waals surface area (Å²) in [6, 6.07) is 22.4. The summed E-state index contributed by atoms with van der Waals surface area (Å²) in [5.41, 5.74) is 1.60. The first-order valence-corrected chi connectivity index (χ1v) is 13.1. The van der Waals surface area contributed by atoms with Crippen LogP contribution in [0.1, 0.15) is 48.4 Å². The lowest BCUT2D eigenvalue weighted by Crippen LogP contribution is -2.37. The van der Waals surface area contributed by atoms with Crippen LogP contribution in [-0.2, 0) is 4.74 Å². The maximum Gasteiger partial charge on any atom is 0.417 e. The first kappa shape index (κ1) is 29.7. The number of carbonyl (C=O) groups excluding carboxylic acids is 2. The Morgan fingerprint density at radius 1 is 0.929 bits per heavy atom. The van der Waals surface area contributed by atoms with Gasteiger partial charge in [0.25, 0.3) is 0 Å². The van der Waals surface area contributed by atoms with Crippen molar-refractivity contribution in [1.82, 2.24) is 14.5 Å². The number of carboxylic acid groups (broad SMARTS) is 1. The molecule has 216 valence electrons. The molecule has 1 N–H and O–H groups in total. The van der Waals surface area contributed by atoms with Gasteiger partial charge in [0.1, 0.15) is 17.2 Å². The summed E-state index contributed by atoms with van der Waals surface area (Å²) in [6.07, 6.45) is 0.960. The van der Waals surface area contributed by atoms with Crippen molar-refractivity contribution in [2.24, 2.45) is 10.2 Å². The standard InChI is InChI=1S/C31H31N5O6/c1-31(2,3)42-30(40)35(4)20-26(27-32-18-19-36(27)29(38)39)21-12-16-25(17-13-21)41-28(37)22-10-14-24(15-11-22)34-33-23-8-6-5-7-9-23/h5-19,26H,20H2,1-4H3,(H,38,39)/b34-33+. The monoisotopic (exact) mass is 569 g/mol. The number of amides is 1. The second-order valence-electron chi connectivity index (χ2n) is 10.4. The van der Waals surface area contributed by atoms with Crippen LogP contribution in [0.5, 0.6) is 5.75 Å². The molecule has 0 aliphatic rings. The van der Waals surface area contributed by atoms with Gasteiger partial charge in [-0.2, -0.15) is 10.2 Å². The second kappa shape index (κ2) is 12.9. The van der Waals surface area contributed by atoms with Gasteiger partial charge in [-0.1, -0.05) is 30.3 Å². The predicted molar refractivity (Wildman–Crippen MR) is 155 cm³/mol. The highest BCUT2D eigenvalue weighted by Crippen LogP contribution is 2.28. The smallest absolute Gasteiger partial charge is 0.417 e. The van der Waals surface area contributed by atoms with Gasteiger partial charge in [-0.15, -0.1) is 0 Å². The van der Waals surface area contributed by atoms with E-state index in [1.54, 1.807) is 76.3 Å². The fraction of sp³-hybridized carbons (Fsp3) is 0.226. The molecule has 4 rings (SSSR count). The Morgan fingerprint density at radius 2 is 1.55 bits per heavy atom. The summed E-state index contributed by atoms with van der Waals surface area (Å²) >= 11 is 0. The maximum absolute atomic E-state index is 12.8. The van der Waals surface area contributed by atoms with E-state index in [-0.39, 0.29) is 18.1 Å². The molecule has 11 nitrogen and oxygen atoms in total. The average Bonchev–Trinajstić information content (AvgIpc) is 3.45. The average molecular weight is 570 g/mol. The quantitative estimate of drug-likeness (QED) is 0.136. The third kappa shape index (κ3) is 7.87. The van der Waals surface area contributed by atoms with E-state index in [4.69, 9.17) is 9.47 Å². The van der Waals surface area contributed by atoms with Crippen LogP contribution in [0.3, 0.4) is 0 Å². The van der Waals surface area contributed by atoms with Crippen molar-refractivity contribution in [2.45, 2.75) is 32.3 Å². The van der Waals surface area contributed by atoms with Gasteiger partial charge in [-0.3, -0.25) is 0 Å². The molecule has 0 fully saturated rings. The summed E-state index contributed by atoms with van der Waals surface area (Å²) in [6.45, 7) is 5.38. The number of carbonyl (C=O) groups is 3. The largest absolute Gasteiger partial charge is 0.464 e. The lowest BCUT2D eigenvalue weighted by Gasteiger charge is -2.27. The van der Waals surface area contributed by atoms with Crippen LogP contribution in [0.25, 0.3) is 0 Å². The van der Waals surface area contributed by atoms with Gasteiger partial charge in [-0.05, 0) is 74.9 Å². The Balaban J connectivity index is 1.48. The van der Waals surface area contributed by atoms with Gasteiger partial charge in [0.05, 0.1) is 22.9 Å². The molecule has 1 unspecified atom stereocenters. The molecule has 11 heteroatoms. The number of nitrogens with zero attached hydrogens (tertiary/aromatic N) is 5. The summed E-state index contributed by atoms with van der Waals surface area (Å²) in [4.78, 5) is 42.8. The minimum absolute atomic E-state index is 0.0896. The lowest BCUT2D eigenvalue weighted by atomic mass is 9.97. The molecule has 0 aliphatic heterocycles. The zero-order valence-electron chi connectivity index (χ0n) is 23.7. The number of aromatic nitrogens is 2. The fourth-order valence-electron chi connectivity index (χ4n) is 3.97. The minimum atomic E-state index is -1.20. The van der Waals surface area contributed by atoms with Crippen molar-refractivity contribution in [2.75, 3.05) is 13.6 Å². The van der Waals surface area contributed by atoms with E-state index in [0.717, 1.165) is 10.3 Å². The van der Waals surface area contributed by atoms with Crippen LogP contribution in [0.15, 0.2) is 101 Å². The molecule has 0 saturated carbocycles. The normalized spacial score (nSPS) is 12.1. The van der Waals surface area contributed by atoms with E-state index in [9.17, 15) is 19.5 Å². The van der Waals surface area contributed by atoms with Crippen LogP contribution >= 0.6 is 0 Å². The SMILES string of the molecule is CN(CC(c1ccc(OC(=O)c2ccc(/N=N/c3ccccc3)cc2)cc1)c1nccn1C(=O)O)C(=O)OC(C)(C)C. The fourth-order valence-corrected chi connectivity index (χ4v) is 3.97. The van der Waals surface area contributed by atoms with Crippen molar-refractivity contribution >= 4 is 29.5 Å². The van der Waals surface area contributed by atoms with E-state index in [2.05, 4.69) is 15.2 Å². The zero-order valence-corrected chi connectivity index (χ0v) is 23.7. The van der Waals surface area contributed by atoms with E-state index < -0.39 is 29.7 Å². The molecule has 1 aromatic heterocycles. The summed E-state index contributed by atoms with van der Waals surface area (Å²) < 4.78 is 12.0. The number of likely N-dealkylation sites (N-methyl/N-ethyl adjacent to an activating group) is 1. The van der Waals surface area contributed by atoms with Gasteiger partial charge >= 0.3 is 18.2 Å². The highest BCUT2D eigenvalue weighted by molar-refractivity contribution is 5.91. The summed E-state index contributed by atoms with van der Waals surface area (Å²) in [5, 5.41) is 18.0. The highest BCUT2D eigenvalue weighted by atomic mass is 16.6. The third-order valence-electron chi connectivity index (χ3n) is 5.98. The number of hydrogen-bond acceptors (Lipinski definition) is 8. The van der Waals surface area contributed by atoms with E-state index in [1.807, 2.05) is 30.3 Å². The first-order valence-electron chi connectivity index (χ1n) is 13.1. The van der Waals surface area contributed by atoms with Crippen LogP contribution in [0, 0.1) is 0 Å². The Morgan fingerprint density at radius 3 is 2.14 bits per heavy atom. The van der Waals surface area contributed by atoms with Gasteiger partial charge in [0.15, 0.2) is 0 Å². The molecule has 42 heavy (non-hydrogen) atoms. The molecule has 0 saturated heterocycles. The van der Waals surface area contributed by atoms with Crippen molar-refractivity contribution in [3.05, 3.63) is 108 Å². The van der Waals surface area contributed by atoms with E-state index >= 15 is 0 Å². The molecule has 1 heterocycles. The molecule has 4 aromatic rings. The number of rotatable bonds is 8. The topological polar surface area (TPSA) is 136 Å². The van der Waals surface area contributed by atoms with Gasteiger partial charge in [-0.25, -0.2) is 23.9 Å². The zero-order chi connectivity index (χ0) is 30.3. The van der Waals surface area contributed by atoms with Crippen molar-refractivity contribution < 1.29 is 29.0 Å². The number of azo groups is 1. The summed E-state index contributed by atoms with van der Waals surface area (Å²) in [5.74, 6) is -0.655. The van der Waals surface area contributed by atoms with Crippen molar-refractivity contribution in [3.63, 3.8) is 0 Å². The van der Waals surface area contributed by atoms with Crippen molar-refractivity contribution in [1.29, 1.82) is 0 Å². The van der Waals surface area contributed by atoms with E-state index in [1.165, 1.54) is 17.3 Å². The number of benzene rings is 3. The second-order valence-corrected chi connectivity index (χ2v) is 10.4. The molecule has 0 spiro atoms. The van der Waals surface area contributed by atoms with Crippen LogP contribution in [0.2, 0.25) is 0 Å². The lowest BCUT2D eigenvalue weighted by molar-refractivity contribution is 0.0292. The van der Waals surface area contributed by atoms with Crippen LogP contribution in [0.4, 0.5) is 21.0 Å². The Hall–Kier alpha value is -5.32. The van der Waals surface area contributed by atoms with Crippen LogP contribution < -0.4 is 4.74 Å². The van der Waals surface area contributed by atoms with Crippen LogP contribution in [-0.4, -0.2) is 56.9 Å². The van der Waals surface area contributed by atoms with Gasteiger partial charge in [0, 0.05) is 26.0 Å². The Bertz CT molecular complexity index is 1560. The maximum atomic E-state index is 12.8. The van der Waals surface area contributed by atoms with Crippen molar-refractivity contribution in [3.8, 4) is 5.75 Å². The first-order chi connectivity index (χ1) is 20.0. The number of ether oxygens (including phenoxy) is 2. The molecular weight excluding hydrogens is 538 g/mol. The molecule has 0 bridgehead atoms. The van der Waals surface area contributed by atoms with Gasteiger partial charge in [0.2, 0.25) is 0 Å². The molecule has 3 aromatic carbocycles. The minimum Gasteiger partial charge on any atom is -0.464 e. The third-order valence-corrected chi connectivity index (χ3v) is 5.98. The molecule has 1 amide bonds. The molecular formula is C31H31N5O6. The van der Waals surface area contributed by atoms with E-state index in [0.29, 0.717) is 16.8 Å². The molecule has 0 aliphatic carbocycles. The number of esters is 1. The number of imidazole rings is 1. The molecule has 1 atom stereocenters. The predicted octanol–water partition coefficient (Wildman–Crippen LogP) is 7.04. The Labute approximate surface area is 243 Å². The Kier molecular flexibility index (Phi) is 9.11. The highest BCUT2D eigenvalue weighted by Gasteiger charge is 2.27. The number of hydrogen-bond donors (Lipinski definition) is 1. The molecule has 0 radical (unpaired) electrons. The summed E-state index contributed by atoms with van der Waals surface area (Å²) in [7, 11) is 1.57.